The molecule has 2 atom stereocenters. The summed E-state index contributed by atoms with van der Waals surface area (Å²) in [4.78, 5) is 12.1. The van der Waals surface area contributed by atoms with E-state index in [1.165, 1.54) is 0 Å². The molecular weight excluding hydrogens is 242 g/mol. The van der Waals surface area contributed by atoms with E-state index < -0.39 is 5.60 Å². The summed E-state index contributed by atoms with van der Waals surface area (Å²) in [7, 11) is 0. The van der Waals surface area contributed by atoms with Crippen molar-refractivity contribution in [1.82, 2.24) is 5.32 Å². The maximum absolute atomic E-state index is 12.1. The molecule has 2 unspecified atom stereocenters. The van der Waals surface area contributed by atoms with E-state index >= 15 is 0 Å². The van der Waals surface area contributed by atoms with Crippen molar-refractivity contribution in [2.45, 2.75) is 70.9 Å². The molecule has 0 spiro atoms. The van der Waals surface area contributed by atoms with Gasteiger partial charge in [0.25, 0.3) is 0 Å². The summed E-state index contributed by atoms with van der Waals surface area (Å²) in [5.41, 5.74) is -0.834. The minimum atomic E-state index is -0.834. The topological polar surface area (TPSA) is 58.6 Å². The molecule has 0 aromatic heterocycles. The summed E-state index contributed by atoms with van der Waals surface area (Å²) < 4.78 is 5.34. The SMILES string of the molecule is CCCC(O)(CCC)CC(=O)NC(C)C1CCOC1. The van der Waals surface area contributed by atoms with Crippen LogP contribution in [0.5, 0.6) is 0 Å². The summed E-state index contributed by atoms with van der Waals surface area (Å²) in [6.45, 7) is 7.63. The second kappa shape index (κ2) is 7.85. The Morgan fingerprint density at radius 2 is 2.05 bits per heavy atom. The van der Waals surface area contributed by atoms with Crippen LogP contribution in [0.3, 0.4) is 0 Å². The third kappa shape index (κ3) is 5.49. The fourth-order valence-corrected chi connectivity index (χ4v) is 2.90. The van der Waals surface area contributed by atoms with E-state index in [0.29, 0.717) is 18.8 Å². The van der Waals surface area contributed by atoms with Gasteiger partial charge in [0, 0.05) is 18.6 Å². The predicted octanol–water partition coefficient (Wildman–Crippen LogP) is 2.25. The number of nitrogens with one attached hydrogen (secondary N) is 1. The molecule has 112 valence electrons. The molecule has 0 aromatic rings. The second-order valence-corrected chi connectivity index (χ2v) is 5.88. The average Bonchev–Trinajstić information content (AvgIpc) is 2.81. The zero-order valence-electron chi connectivity index (χ0n) is 12.6. The van der Waals surface area contributed by atoms with E-state index in [9.17, 15) is 9.90 Å². The number of amides is 1. The van der Waals surface area contributed by atoms with Crippen LogP contribution in [0.1, 0.15) is 59.3 Å². The van der Waals surface area contributed by atoms with Crippen LogP contribution >= 0.6 is 0 Å². The van der Waals surface area contributed by atoms with Crippen molar-refractivity contribution in [2.75, 3.05) is 13.2 Å². The number of carbonyl (C=O) groups excluding carboxylic acids is 1. The van der Waals surface area contributed by atoms with Gasteiger partial charge in [-0.2, -0.15) is 0 Å². The third-order valence-electron chi connectivity index (χ3n) is 3.98. The number of ether oxygens (including phenoxy) is 1. The lowest BCUT2D eigenvalue weighted by molar-refractivity contribution is -0.127. The molecule has 1 rings (SSSR count). The minimum Gasteiger partial charge on any atom is -0.389 e. The highest BCUT2D eigenvalue weighted by Crippen LogP contribution is 2.24. The van der Waals surface area contributed by atoms with Crippen LogP contribution in [-0.4, -0.2) is 35.9 Å². The van der Waals surface area contributed by atoms with Gasteiger partial charge in [-0.3, -0.25) is 4.79 Å². The molecule has 1 amide bonds. The van der Waals surface area contributed by atoms with Gasteiger partial charge in [-0.15, -0.1) is 0 Å². The van der Waals surface area contributed by atoms with Gasteiger partial charge in [0.05, 0.1) is 18.6 Å². The molecule has 4 nitrogen and oxygen atoms in total. The van der Waals surface area contributed by atoms with Crippen molar-refractivity contribution in [3.8, 4) is 0 Å². The average molecular weight is 271 g/mol. The molecule has 0 saturated carbocycles. The molecule has 19 heavy (non-hydrogen) atoms. The van der Waals surface area contributed by atoms with Crippen LogP contribution < -0.4 is 5.32 Å². The van der Waals surface area contributed by atoms with Gasteiger partial charge in [-0.25, -0.2) is 0 Å². The van der Waals surface area contributed by atoms with E-state index in [-0.39, 0.29) is 18.4 Å². The quantitative estimate of drug-likeness (QED) is 0.712. The van der Waals surface area contributed by atoms with Crippen LogP contribution in [0.2, 0.25) is 0 Å². The van der Waals surface area contributed by atoms with Crippen molar-refractivity contribution < 1.29 is 14.6 Å². The molecular formula is C15H29NO3. The van der Waals surface area contributed by atoms with Gasteiger partial charge in [0.2, 0.25) is 5.91 Å². The van der Waals surface area contributed by atoms with Crippen LogP contribution in [0, 0.1) is 5.92 Å². The van der Waals surface area contributed by atoms with Crippen molar-refractivity contribution in [1.29, 1.82) is 0 Å². The maximum atomic E-state index is 12.1. The normalized spacial score (nSPS) is 21.4. The Morgan fingerprint density at radius 1 is 1.42 bits per heavy atom. The van der Waals surface area contributed by atoms with Crippen LogP contribution in [-0.2, 0) is 9.53 Å². The Bertz CT molecular complexity index is 269. The summed E-state index contributed by atoms with van der Waals surface area (Å²) in [5.74, 6) is 0.373. The summed E-state index contributed by atoms with van der Waals surface area (Å²) in [6.07, 6.45) is 4.40. The Hall–Kier alpha value is -0.610. The van der Waals surface area contributed by atoms with Crippen molar-refractivity contribution in [3.63, 3.8) is 0 Å². The fraction of sp³-hybridized carbons (Fsp3) is 0.933. The fourth-order valence-electron chi connectivity index (χ4n) is 2.90. The molecule has 1 aliphatic rings. The molecule has 1 fully saturated rings. The zero-order valence-corrected chi connectivity index (χ0v) is 12.6. The molecule has 0 radical (unpaired) electrons. The van der Waals surface area contributed by atoms with Gasteiger partial charge in [-0.05, 0) is 26.2 Å². The maximum Gasteiger partial charge on any atom is 0.223 e. The lowest BCUT2D eigenvalue weighted by Crippen LogP contribution is -2.43. The third-order valence-corrected chi connectivity index (χ3v) is 3.98. The van der Waals surface area contributed by atoms with Crippen molar-refractivity contribution in [3.05, 3.63) is 0 Å². The van der Waals surface area contributed by atoms with Gasteiger partial charge < -0.3 is 15.2 Å². The smallest absolute Gasteiger partial charge is 0.223 e. The van der Waals surface area contributed by atoms with Crippen LogP contribution in [0.4, 0.5) is 0 Å². The van der Waals surface area contributed by atoms with E-state index in [1.54, 1.807) is 0 Å². The molecule has 4 heteroatoms. The molecule has 1 heterocycles. The lowest BCUT2D eigenvalue weighted by Gasteiger charge is -2.28. The molecule has 1 saturated heterocycles. The van der Waals surface area contributed by atoms with Gasteiger partial charge in [0.15, 0.2) is 0 Å². The molecule has 2 N–H and O–H groups in total. The number of carbonyl (C=O) groups is 1. The van der Waals surface area contributed by atoms with Gasteiger partial charge >= 0.3 is 0 Å². The minimum absolute atomic E-state index is 0.0381. The first-order valence-electron chi connectivity index (χ1n) is 7.60. The Labute approximate surface area is 116 Å². The van der Waals surface area contributed by atoms with Crippen LogP contribution in [0.15, 0.2) is 0 Å². The highest BCUT2D eigenvalue weighted by Gasteiger charge is 2.30. The Morgan fingerprint density at radius 3 is 2.53 bits per heavy atom. The van der Waals surface area contributed by atoms with E-state index in [4.69, 9.17) is 4.74 Å². The largest absolute Gasteiger partial charge is 0.389 e. The molecule has 0 aliphatic carbocycles. The standard InChI is InChI=1S/C15H29NO3/c1-4-7-15(18,8-5-2)10-14(17)16-12(3)13-6-9-19-11-13/h12-13,18H,4-11H2,1-3H3,(H,16,17). The summed E-state index contributed by atoms with van der Waals surface area (Å²) >= 11 is 0. The zero-order chi connectivity index (χ0) is 14.3. The molecule has 0 bridgehead atoms. The summed E-state index contributed by atoms with van der Waals surface area (Å²) in [5, 5.41) is 13.5. The number of hydrogen-bond acceptors (Lipinski definition) is 3. The van der Waals surface area contributed by atoms with E-state index in [2.05, 4.69) is 5.32 Å². The highest BCUT2D eigenvalue weighted by molar-refractivity contribution is 5.77. The van der Waals surface area contributed by atoms with Gasteiger partial charge in [-0.1, -0.05) is 26.7 Å². The number of rotatable bonds is 8. The lowest BCUT2D eigenvalue weighted by atomic mass is 9.88. The first kappa shape index (κ1) is 16.4. The Kier molecular flexibility index (Phi) is 6.80. The highest BCUT2D eigenvalue weighted by atomic mass is 16.5. The number of hydrogen-bond donors (Lipinski definition) is 2. The predicted molar refractivity (Wildman–Crippen MR) is 75.9 cm³/mol. The second-order valence-electron chi connectivity index (χ2n) is 5.88. The van der Waals surface area contributed by atoms with Crippen molar-refractivity contribution in [2.24, 2.45) is 5.92 Å². The van der Waals surface area contributed by atoms with Crippen molar-refractivity contribution >= 4 is 5.91 Å². The number of aliphatic hydroxyl groups is 1. The summed E-state index contributed by atoms with van der Waals surface area (Å²) in [6, 6.07) is 0.127. The Balaban J connectivity index is 2.42. The first-order valence-corrected chi connectivity index (χ1v) is 7.60. The molecule has 0 aromatic carbocycles. The van der Waals surface area contributed by atoms with E-state index in [0.717, 1.165) is 32.5 Å². The molecule has 1 aliphatic heterocycles. The first-order chi connectivity index (χ1) is 9.00. The monoisotopic (exact) mass is 271 g/mol. The van der Waals surface area contributed by atoms with E-state index in [1.807, 2.05) is 20.8 Å². The van der Waals surface area contributed by atoms with Crippen LogP contribution in [0.25, 0.3) is 0 Å². The van der Waals surface area contributed by atoms with Gasteiger partial charge in [0.1, 0.15) is 0 Å².